The molecule has 168 valence electrons. The molecule has 1 aliphatic rings. The van der Waals surface area contributed by atoms with Crippen molar-refractivity contribution >= 4 is 17.3 Å². The molecule has 0 bridgehead atoms. The van der Waals surface area contributed by atoms with Crippen molar-refractivity contribution < 1.29 is 24.1 Å². The van der Waals surface area contributed by atoms with Crippen LogP contribution in [0.3, 0.4) is 0 Å². The molecule has 0 aromatic heterocycles. The molecule has 2 N–H and O–H groups in total. The Bertz CT molecular complexity index is 1390. The van der Waals surface area contributed by atoms with Crippen LogP contribution in [0.25, 0.3) is 0 Å². The van der Waals surface area contributed by atoms with Crippen LogP contribution >= 0.6 is 0 Å². The standard InChI is InChI=1S/C23H14N4O7/c24-12-19-21(13-1-5-15(6-2-13)26(29)30)18-10-9-17(11-20(18)34-22(19)25)33-23(28)14-3-7-16(8-4-14)27(31)32/h1-11,21H,25H2. The minimum atomic E-state index is -0.737. The summed E-state index contributed by atoms with van der Waals surface area (Å²) in [7, 11) is 0. The van der Waals surface area contributed by atoms with E-state index in [-0.39, 0.29) is 39.9 Å². The Hall–Kier alpha value is -5.24. The Morgan fingerprint density at radius 2 is 1.56 bits per heavy atom. The van der Waals surface area contributed by atoms with E-state index in [0.29, 0.717) is 11.1 Å². The topological polar surface area (TPSA) is 172 Å². The Balaban J connectivity index is 1.64. The van der Waals surface area contributed by atoms with Crippen molar-refractivity contribution in [2.45, 2.75) is 5.92 Å². The highest BCUT2D eigenvalue weighted by Gasteiger charge is 2.31. The van der Waals surface area contributed by atoms with Crippen LogP contribution in [0.2, 0.25) is 0 Å². The molecular formula is C23H14N4O7. The van der Waals surface area contributed by atoms with Crippen molar-refractivity contribution in [3.05, 3.63) is 115 Å². The number of carbonyl (C=O) groups is 1. The Morgan fingerprint density at radius 1 is 0.971 bits per heavy atom. The fourth-order valence-electron chi connectivity index (χ4n) is 3.52. The summed E-state index contributed by atoms with van der Waals surface area (Å²) in [6.45, 7) is 0. The lowest BCUT2D eigenvalue weighted by Gasteiger charge is -2.26. The first-order chi connectivity index (χ1) is 16.3. The van der Waals surface area contributed by atoms with Gasteiger partial charge in [0, 0.05) is 35.9 Å². The SMILES string of the molecule is N#CC1=C(N)Oc2cc(OC(=O)c3ccc([N+](=O)[O-])cc3)ccc2C1c1ccc([N+](=O)[O-])cc1. The summed E-state index contributed by atoms with van der Waals surface area (Å²) in [4.78, 5) is 33.1. The second-order valence-corrected chi connectivity index (χ2v) is 7.17. The first-order valence-electron chi connectivity index (χ1n) is 9.71. The first kappa shape index (κ1) is 22.0. The average molecular weight is 458 g/mol. The van der Waals surface area contributed by atoms with E-state index in [1.165, 1.54) is 60.7 Å². The normalized spacial score (nSPS) is 14.4. The second-order valence-electron chi connectivity index (χ2n) is 7.17. The van der Waals surface area contributed by atoms with Gasteiger partial charge in [0.05, 0.1) is 21.3 Å². The van der Waals surface area contributed by atoms with Gasteiger partial charge in [0.1, 0.15) is 23.1 Å². The number of fused-ring (bicyclic) bond motifs is 1. The summed E-state index contributed by atoms with van der Waals surface area (Å²) in [5.74, 6) is -1.16. The lowest BCUT2D eigenvalue weighted by atomic mass is 9.83. The summed E-state index contributed by atoms with van der Waals surface area (Å²) >= 11 is 0. The highest BCUT2D eigenvalue weighted by Crippen LogP contribution is 2.43. The summed E-state index contributed by atoms with van der Waals surface area (Å²) in [5.41, 5.74) is 7.08. The number of rotatable bonds is 5. The largest absolute Gasteiger partial charge is 0.440 e. The van der Waals surface area contributed by atoms with E-state index in [1.807, 2.05) is 6.07 Å². The van der Waals surface area contributed by atoms with Gasteiger partial charge in [-0.3, -0.25) is 20.2 Å². The molecule has 1 atom stereocenters. The molecule has 11 heteroatoms. The second kappa shape index (κ2) is 8.71. The molecule has 0 spiro atoms. The molecule has 1 unspecified atom stereocenters. The van der Waals surface area contributed by atoms with E-state index in [4.69, 9.17) is 15.2 Å². The van der Waals surface area contributed by atoms with Gasteiger partial charge in [-0.05, 0) is 23.8 Å². The zero-order valence-electron chi connectivity index (χ0n) is 17.2. The van der Waals surface area contributed by atoms with Crippen LogP contribution in [0.5, 0.6) is 11.5 Å². The van der Waals surface area contributed by atoms with Crippen LogP contribution < -0.4 is 15.2 Å². The number of hydrogen-bond donors (Lipinski definition) is 1. The molecule has 1 aliphatic heterocycles. The zero-order valence-corrected chi connectivity index (χ0v) is 17.2. The number of nitro benzene ring substituents is 2. The van der Waals surface area contributed by atoms with Crippen LogP contribution in [0, 0.1) is 31.6 Å². The number of nitrogens with two attached hydrogens (primary N) is 1. The van der Waals surface area contributed by atoms with Crippen molar-refractivity contribution in [1.29, 1.82) is 5.26 Å². The van der Waals surface area contributed by atoms with E-state index in [0.717, 1.165) is 0 Å². The van der Waals surface area contributed by atoms with Crippen molar-refractivity contribution in [2.24, 2.45) is 5.73 Å². The number of ether oxygens (including phenoxy) is 2. The van der Waals surface area contributed by atoms with E-state index < -0.39 is 21.7 Å². The summed E-state index contributed by atoms with van der Waals surface area (Å²) in [5, 5.41) is 31.4. The number of nitrogens with zero attached hydrogens (tertiary/aromatic N) is 3. The number of esters is 1. The van der Waals surface area contributed by atoms with E-state index >= 15 is 0 Å². The predicted molar refractivity (Wildman–Crippen MR) is 117 cm³/mol. The maximum Gasteiger partial charge on any atom is 0.343 e. The molecular weight excluding hydrogens is 444 g/mol. The van der Waals surface area contributed by atoms with Crippen LogP contribution in [0.1, 0.15) is 27.4 Å². The number of benzene rings is 3. The summed E-state index contributed by atoms with van der Waals surface area (Å²) in [6, 6.07) is 17.2. The molecule has 34 heavy (non-hydrogen) atoms. The number of non-ortho nitro benzene ring substituents is 2. The van der Waals surface area contributed by atoms with Gasteiger partial charge >= 0.3 is 5.97 Å². The molecule has 0 amide bonds. The smallest absolute Gasteiger partial charge is 0.343 e. The van der Waals surface area contributed by atoms with E-state index in [2.05, 4.69) is 0 Å². The maximum absolute atomic E-state index is 12.4. The predicted octanol–water partition coefficient (Wildman–Crippen LogP) is 3.94. The van der Waals surface area contributed by atoms with Crippen molar-refractivity contribution in [3.63, 3.8) is 0 Å². The third-order valence-electron chi connectivity index (χ3n) is 5.15. The molecule has 0 aliphatic carbocycles. The molecule has 0 fully saturated rings. The van der Waals surface area contributed by atoms with Crippen molar-refractivity contribution in [1.82, 2.24) is 0 Å². The fourth-order valence-corrected chi connectivity index (χ4v) is 3.52. The first-order valence-corrected chi connectivity index (χ1v) is 9.71. The molecule has 0 saturated heterocycles. The molecule has 3 aromatic rings. The number of allylic oxidation sites excluding steroid dienone is 1. The molecule has 0 saturated carbocycles. The third-order valence-corrected chi connectivity index (χ3v) is 5.15. The van der Waals surface area contributed by atoms with Crippen molar-refractivity contribution in [3.8, 4) is 17.6 Å². The number of nitriles is 1. The number of hydrogen-bond acceptors (Lipinski definition) is 9. The highest BCUT2D eigenvalue weighted by atomic mass is 16.6. The Kier molecular flexibility index (Phi) is 5.63. The molecule has 4 rings (SSSR count). The minimum Gasteiger partial charge on any atom is -0.440 e. The molecule has 3 aromatic carbocycles. The van der Waals surface area contributed by atoms with Crippen molar-refractivity contribution in [2.75, 3.05) is 0 Å². The van der Waals surface area contributed by atoms with Crippen LogP contribution in [0.4, 0.5) is 11.4 Å². The Labute approximate surface area is 191 Å². The fraction of sp³-hybridized carbons (Fsp3) is 0.0435. The molecule has 11 nitrogen and oxygen atoms in total. The molecule has 1 heterocycles. The lowest BCUT2D eigenvalue weighted by Crippen LogP contribution is -2.21. The third kappa shape index (κ3) is 4.11. The van der Waals surface area contributed by atoms with Crippen LogP contribution in [0.15, 0.2) is 78.2 Å². The number of nitro groups is 2. The van der Waals surface area contributed by atoms with Gasteiger partial charge in [0.15, 0.2) is 0 Å². The van der Waals surface area contributed by atoms with Crippen LogP contribution in [-0.2, 0) is 0 Å². The van der Waals surface area contributed by atoms with Gasteiger partial charge in [-0.1, -0.05) is 18.2 Å². The van der Waals surface area contributed by atoms with Gasteiger partial charge in [0.25, 0.3) is 11.4 Å². The van der Waals surface area contributed by atoms with Crippen LogP contribution in [-0.4, -0.2) is 15.8 Å². The maximum atomic E-state index is 12.4. The van der Waals surface area contributed by atoms with Gasteiger partial charge < -0.3 is 15.2 Å². The minimum absolute atomic E-state index is 0.0972. The van der Waals surface area contributed by atoms with E-state index in [1.54, 1.807) is 6.07 Å². The zero-order chi connectivity index (χ0) is 24.4. The molecule has 0 radical (unpaired) electrons. The lowest BCUT2D eigenvalue weighted by molar-refractivity contribution is -0.385. The van der Waals surface area contributed by atoms with Gasteiger partial charge in [-0.15, -0.1) is 0 Å². The Morgan fingerprint density at radius 3 is 2.12 bits per heavy atom. The van der Waals surface area contributed by atoms with Gasteiger partial charge in [-0.2, -0.15) is 5.26 Å². The van der Waals surface area contributed by atoms with Gasteiger partial charge in [-0.25, -0.2) is 4.79 Å². The quantitative estimate of drug-likeness (QED) is 0.257. The highest BCUT2D eigenvalue weighted by molar-refractivity contribution is 5.91. The van der Waals surface area contributed by atoms with Gasteiger partial charge in [0.2, 0.25) is 5.88 Å². The van der Waals surface area contributed by atoms with E-state index in [9.17, 15) is 30.3 Å². The average Bonchev–Trinajstić information content (AvgIpc) is 2.83. The number of carbonyl (C=O) groups excluding carboxylic acids is 1. The summed E-state index contributed by atoms with van der Waals surface area (Å²) in [6.07, 6.45) is 0. The summed E-state index contributed by atoms with van der Waals surface area (Å²) < 4.78 is 10.9. The monoisotopic (exact) mass is 458 g/mol.